The van der Waals surface area contributed by atoms with Crippen LogP contribution in [0.4, 0.5) is 10.1 Å². The van der Waals surface area contributed by atoms with E-state index in [1.165, 1.54) is 6.07 Å². The van der Waals surface area contributed by atoms with Crippen LogP contribution in [0.25, 0.3) is 5.52 Å². The third-order valence-electron chi connectivity index (χ3n) is 7.67. The molecule has 1 unspecified atom stereocenters. The summed E-state index contributed by atoms with van der Waals surface area (Å²) in [5.74, 6) is 1.30. The van der Waals surface area contributed by atoms with Crippen molar-refractivity contribution in [2.24, 2.45) is 0 Å². The molecule has 2 N–H and O–H groups in total. The SMILES string of the molecule is COc1ccc(F)cc1C1CCCN1c1ccn2ncc(C(=O)NC3CCC(c4nn[nH]n4)CC3)c2c1. The fourth-order valence-electron chi connectivity index (χ4n) is 5.79. The maximum absolute atomic E-state index is 14.1. The number of benzene rings is 1. The highest BCUT2D eigenvalue weighted by molar-refractivity contribution is 6.01. The van der Waals surface area contributed by atoms with Crippen LogP contribution in [0.5, 0.6) is 5.75 Å². The molecule has 1 aromatic carbocycles. The summed E-state index contributed by atoms with van der Waals surface area (Å²) in [4.78, 5) is 15.5. The van der Waals surface area contributed by atoms with Gasteiger partial charge < -0.3 is 15.0 Å². The first-order valence-electron chi connectivity index (χ1n) is 12.7. The van der Waals surface area contributed by atoms with Crippen LogP contribution in [0.1, 0.15) is 72.2 Å². The van der Waals surface area contributed by atoms with Gasteiger partial charge in [0.2, 0.25) is 0 Å². The van der Waals surface area contributed by atoms with Crippen molar-refractivity contribution in [1.29, 1.82) is 0 Å². The molecule has 2 fully saturated rings. The van der Waals surface area contributed by atoms with Crippen LogP contribution in [-0.2, 0) is 0 Å². The number of carbonyl (C=O) groups is 1. The molecular weight excluding hydrogens is 475 g/mol. The molecule has 11 heteroatoms. The Bertz CT molecular complexity index is 1400. The van der Waals surface area contributed by atoms with Gasteiger partial charge in [0.05, 0.1) is 30.4 Å². The number of halogens is 1. The summed E-state index contributed by atoms with van der Waals surface area (Å²) in [6.07, 6.45) is 8.90. The number of rotatable bonds is 6. The van der Waals surface area contributed by atoms with E-state index in [1.54, 1.807) is 30.0 Å². The number of fused-ring (bicyclic) bond motifs is 1. The fraction of sp³-hybridized carbons (Fsp3) is 0.423. The Kier molecular flexibility index (Phi) is 6.19. The van der Waals surface area contributed by atoms with Gasteiger partial charge in [0.15, 0.2) is 5.82 Å². The van der Waals surface area contributed by atoms with E-state index in [0.717, 1.165) is 67.7 Å². The van der Waals surface area contributed by atoms with Gasteiger partial charge in [0, 0.05) is 36.0 Å². The van der Waals surface area contributed by atoms with Gasteiger partial charge in [0.25, 0.3) is 5.91 Å². The molecule has 1 saturated carbocycles. The van der Waals surface area contributed by atoms with Crippen LogP contribution in [0.15, 0.2) is 42.7 Å². The molecule has 192 valence electrons. The van der Waals surface area contributed by atoms with Crippen molar-refractivity contribution in [2.75, 3.05) is 18.6 Å². The van der Waals surface area contributed by atoms with Gasteiger partial charge in [-0.15, -0.1) is 10.2 Å². The molecule has 0 radical (unpaired) electrons. The molecule has 2 aliphatic rings. The number of aromatic nitrogens is 6. The summed E-state index contributed by atoms with van der Waals surface area (Å²) in [6, 6.07) is 8.73. The van der Waals surface area contributed by atoms with Crippen LogP contribution in [0.2, 0.25) is 0 Å². The van der Waals surface area contributed by atoms with Crippen molar-refractivity contribution in [2.45, 2.75) is 56.5 Å². The van der Waals surface area contributed by atoms with Crippen molar-refractivity contribution < 1.29 is 13.9 Å². The molecule has 6 rings (SSSR count). The molecule has 0 bridgehead atoms. The zero-order valence-corrected chi connectivity index (χ0v) is 20.6. The first kappa shape index (κ1) is 23.4. The Balaban J connectivity index is 1.20. The molecule has 3 aromatic heterocycles. The van der Waals surface area contributed by atoms with Crippen LogP contribution in [-0.4, -0.2) is 55.8 Å². The highest BCUT2D eigenvalue weighted by atomic mass is 19.1. The maximum Gasteiger partial charge on any atom is 0.255 e. The van der Waals surface area contributed by atoms with E-state index in [0.29, 0.717) is 11.3 Å². The molecule has 37 heavy (non-hydrogen) atoms. The number of carbonyl (C=O) groups excluding carboxylic acids is 1. The highest BCUT2D eigenvalue weighted by Crippen LogP contribution is 2.40. The van der Waals surface area contributed by atoms with Crippen LogP contribution in [0, 0.1) is 5.82 Å². The van der Waals surface area contributed by atoms with Gasteiger partial charge in [-0.25, -0.2) is 8.91 Å². The van der Waals surface area contributed by atoms with E-state index in [2.05, 4.69) is 35.9 Å². The summed E-state index contributed by atoms with van der Waals surface area (Å²) in [5, 5.41) is 22.0. The number of pyridine rings is 1. The summed E-state index contributed by atoms with van der Waals surface area (Å²) in [6.45, 7) is 0.833. The Morgan fingerprint density at radius 1 is 1.16 bits per heavy atom. The molecule has 4 aromatic rings. The number of H-pyrrole nitrogens is 1. The quantitative estimate of drug-likeness (QED) is 0.411. The maximum atomic E-state index is 14.1. The number of nitrogens with zero attached hydrogens (tertiary/aromatic N) is 6. The van der Waals surface area contributed by atoms with E-state index in [-0.39, 0.29) is 29.7 Å². The average molecular weight is 505 g/mol. The third-order valence-corrected chi connectivity index (χ3v) is 7.67. The molecule has 1 aliphatic carbocycles. The van der Waals surface area contributed by atoms with Crippen molar-refractivity contribution in [1.82, 2.24) is 35.6 Å². The molecule has 1 aliphatic heterocycles. The zero-order valence-electron chi connectivity index (χ0n) is 20.6. The standard InChI is InChI=1S/C26H29FN8O2/c1-37-24-9-6-17(27)13-20(24)22-3-2-11-34(22)19-10-12-35-23(14-19)21(15-28-35)26(36)29-18-7-4-16(5-8-18)25-30-32-33-31-25/h6,9-10,12-16,18,22H,2-5,7-8,11H2,1H3,(H,29,36)(H,30,31,32,33). The van der Waals surface area contributed by atoms with Crippen molar-refractivity contribution in [3.8, 4) is 5.75 Å². The Hall–Kier alpha value is -4.02. The normalized spacial score (nSPS) is 21.9. The molecule has 0 spiro atoms. The number of amides is 1. The minimum absolute atomic E-state index is 0.0114. The van der Waals surface area contributed by atoms with Crippen LogP contribution >= 0.6 is 0 Å². The first-order valence-corrected chi connectivity index (χ1v) is 12.7. The number of anilines is 1. The van der Waals surface area contributed by atoms with E-state index >= 15 is 0 Å². The largest absolute Gasteiger partial charge is 0.496 e. The average Bonchev–Trinajstić information content (AvgIpc) is 3.69. The minimum Gasteiger partial charge on any atom is -0.496 e. The number of ether oxygens (including phenoxy) is 1. The topological polar surface area (TPSA) is 113 Å². The number of nitrogens with one attached hydrogen (secondary N) is 2. The first-order chi connectivity index (χ1) is 18.1. The van der Waals surface area contributed by atoms with Crippen molar-refractivity contribution in [3.63, 3.8) is 0 Å². The van der Waals surface area contributed by atoms with E-state index in [9.17, 15) is 9.18 Å². The van der Waals surface area contributed by atoms with Gasteiger partial charge in [-0.1, -0.05) is 5.21 Å². The number of aromatic amines is 1. The Labute approximate surface area is 213 Å². The lowest BCUT2D eigenvalue weighted by Gasteiger charge is -2.28. The molecule has 10 nitrogen and oxygen atoms in total. The number of tetrazole rings is 1. The lowest BCUT2D eigenvalue weighted by molar-refractivity contribution is 0.0927. The minimum atomic E-state index is -0.279. The molecule has 4 heterocycles. The predicted octanol–water partition coefficient (Wildman–Crippen LogP) is 3.79. The second kappa shape index (κ2) is 9.79. The molecular formula is C26H29FN8O2. The van der Waals surface area contributed by atoms with Gasteiger partial charge in [-0.3, -0.25) is 4.79 Å². The summed E-state index contributed by atoms with van der Waals surface area (Å²) < 4.78 is 21.4. The predicted molar refractivity (Wildman–Crippen MR) is 134 cm³/mol. The number of hydrogen-bond acceptors (Lipinski definition) is 7. The Morgan fingerprint density at radius 3 is 2.81 bits per heavy atom. The van der Waals surface area contributed by atoms with Gasteiger partial charge in [-0.05, 0) is 68.9 Å². The lowest BCUT2D eigenvalue weighted by Crippen LogP contribution is -2.37. The van der Waals surface area contributed by atoms with Gasteiger partial charge >= 0.3 is 0 Å². The monoisotopic (exact) mass is 504 g/mol. The molecule has 1 saturated heterocycles. The van der Waals surface area contributed by atoms with Crippen molar-refractivity contribution in [3.05, 3.63) is 65.5 Å². The lowest BCUT2D eigenvalue weighted by atomic mass is 9.85. The number of methoxy groups -OCH3 is 1. The summed E-state index contributed by atoms with van der Waals surface area (Å²) >= 11 is 0. The smallest absolute Gasteiger partial charge is 0.255 e. The van der Waals surface area contributed by atoms with E-state index in [1.807, 2.05) is 18.3 Å². The van der Waals surface area contributed by atoms with Crippen molar-refractivity contribution >= 4 is 17.1 Å². The van der Waals surface area contributed by atoms with E-state index < -0.39 is 0 Å². The van der Waals surface area contributed by atoms with E-state index in [4.69, 9.17) is 4.74 Å². The van der Waals surface area contributed by atoms with Crippen LogP contribution < -0.4 is 15.0 Å². The second-order valence-corrected chi connectivity index (χ2v) is 9.80. The van der Waals surface area contributed by atoms with Gasteiger partial charge in [0.1, 0.15) is 11.6 Å². The zero-order chi connectivity index (χ0) is 25.4. The Morgan fingerprint density at radius 2 is 2.03 bits per heavy atom. The van der Waals surface area contributed by atoms with Crippen LogP contribution in [0.3, 0.4) is 0 Å². The molecule has 1 atom stereocenters. The third kappa shape index (κ3) is 4.49. The van der Waals surface area contributed by atoms with Gasteiger partial charge in [-0.2, -0.15) is 10.3 Å². The summed E-state index contributed by atoms with van der Waals surface area (Å²) in [7, 11) is 1.61. The summed E-state index contributed by atoms with van der Waals surface area (Å²) in [5.41, 5.74) is 3.09. The second-order valence-electron chi connectivity index (χ2n) is 9.80. The molecule has 1 amide bonds. The fourth-order valence-corrected chi connectivity index (χ4v) is 5.79. The number of hydrogen-bond donors (Lipinski definition) is 2. The highest BCUT2D eigenvalue weighted by Gasteiger charge is 2.30.